The molecule has 0 aliphatic rings. The second-order valence-electron chi connectivity index (χ2n) is 3.39. The lowest BCUT2D eigenvalue weighted by Crippen LogP contribution is -2.45. The highest BCUT2D eigenvalue weighted by Gasteiger charge is 2.18. The van der Waals surface area contributed by atoms with Gasteiger partial charge in [0, 0.05) is 6.07 Å². The van der Waals surface area contributed by atoms with Crippen molar-refractivity contribution < 1.29 is 28.9 Å². The number of aliphatic hydroxyl groups is 1. The number of carbonyl (C=O) groups excluding carboxylic acids is 1. The number of ether oxygens (including phenoxy) is 1. The first-order chi connectivity index (χ1) is 8.52. The highest BCUT2D eigenvalue weighted by molar-refractivity contribution is 5.84. The number of rotatable bonds is 6. The Balaban J connectivity index is 2.44. The molecule has 1 aromatic carbocycles. The fraction of sp³-hybridized carbons (Fsp3) is 0.273. The normalized spacial score (nSPS) is 11.7. The number of carboxylic acids is 1. The lowest BCUT2D eigenvalue weighted by Gasteiger charge is -2.12. The molecule has 0 heterocycles. The summed E-state index contributed by atoms with van der Waals surface area (Å²) in [7, 11) is 0. The number of halogens is 1. The smallest absolute Gasteiger partial charge is 0.328 e. The first-order valence-electron chi connectivity index (χ1n) is 5.04. The van der Waals surface area contributed by atoms with Gasteiger partial charge in [-0.1, -0.05) is 6.07 Å². The van der Waals surface area contributed by atoms with Gasteiger partial charge in [0.25, 0.3) is 5.91 Å². The third kappa shape index (κ3) is 4.38. The standard InChI is InChI=1S/C11H12FNO5/c12-7-2-1-3-8(4-7)18-6-10(15)13-9(5-14)11(16)17/h1-4,9,14H,5-6H2,(H,13,15)(H,16,17)/t9-/m0/s1. The van der Waals surface area contributed by atoms with Gasteiger partial charge in [-0.3, -0.25) is 4.79 Å². The van der Waals surface area contributed by atoms with Gasteiger partial charge >= 0.3 is 5.97 Å². The van der Waals surface area contributed by atoms with Gasteiger partial charge in [-0.2, -0.15) is 0 Å². The second kappa shape index (κ2) is 6.55. The quantitative estimate of drug-likeness (QED) is 0.654. The number of aliphatic carboxylic acids is 1. The van der Waals surface area contributed by atoms with Crippen LogP contribution in [-0.2, 0) is 9.59 Å². The summed E-state index contributed by atoms with van der Waals surface area (Å²) in [6.07, 6.45) is 0. The van der Waals surface area contributed by atoms with E-state index in [0.29, 0.717) is 0 Å². The van der Waals surface area contributed by atoms with Crippen LogP contribution in [0.15, 0.2) is 24.3 Å². The van der Waals surface area contributed by atoms with Crippen molar-refractivity contribution in [2.24, 2.45) is 0 Å². The maximum absolute atomic E-state index is 12.8. The number of nitrogens with one attached hydrogen (secondary N) is 1. The van der Waals surface area contributed by atoms with Crippen molar-refractivity contribution in [3.8, 4) is 5.75 Å². The van der Waals surface area contributed by atoms with Gasteiger partial charge in [0.2, 0.25) is 0 Å². The Morgan fingerprint density at radius 2 is 2.17 bits per heavy atom. The van der Waals surface area contributed by atoms with E-state index in [2.05, 4.69) is 0 Å². The molecule has 0 aliphatic heterocycles. The Kier molecular flexibility index (Phi) is 5.06. The van der Waals surface area contributed by atoms with E-state index >= 15 is 0 Å². The summed E-state index contributed by atoms with van der Waals surface area (Å²) in [6.45, 7) is -1.19. The van der Waals surface area contributed by atoms with Crippen molar-refractivity contribution >= 4 is 11.9 Å². The zero-order valence-corrected chi connectivity index (χ0v) is 9.30. The monoisotopic (exact) mass is 257 g/mol. The molecule has 98 valence electrons. The van der Waals surface area contributed by atoms with Crippen molar-refractivity contribution in [1.29, 1.82) is 0 Å². The number of carboxylic acid groups (broad SMARTS) is 1. The molecule has 3 N–H and O–H groups in total. The van der Waals surface area contributed by atoms with Gasteiger partial charge in [0.05, 0.1) is 6.61 Å². The Hall–Kier alpha value is -2.15. The summed E-state index contributed by atoms with van der Waals surface area (Å²) in [5.41, 5.74) is 0. The summed E-state index contributed by atoms with van der Waals surface area (Å²) in [4.78, 5) is 21.8. The summed E-state index contributed by atoms with van der Waals surface area (Å²) < 4.78 is 17.7. The first kappa shape index (κ1) is 13.9. The first-order valence-corrected chi connectivity index (χ1v) is 5.04. The van der Waals surface area contributed by atoms with E-state index in [-0.39, 0.29) is 5.75 Å². The highest BCUT2D eigenvalue weighted by Crippen LogP contribution is 2.11. The van der Waals surface area contributed by atoms with Crippen molar-refractivity contribution in [2.75, 3.05) is 13.2 Å². The number of benzene rings is 1. The Morgan fingerprint density at radius 3 is 2.72 bits per heavy atom. The lowest BCUT2D eigenvalue weighted by molar-refractivity contribution is -0.143. The Labute approximate surface area is 102 Å². The molecular formula is C11H12FNO5. The Bertz CT molecular complexity index is 437. The van der Waals surface area contributed by atoms with Crippen LogP contribution in [-0.4, -0.2) is 41.3 Å². The molecule has 0 fully saturated rings. The molecule has 1 aromatic rings. The van der Waals surface area contributed by atoms with E-state index < -0.39 is 36.9 Å². The van der Waals surface area contributed by atoms with Gasteiger partial charge in [0.15, 0.2) is 6.61 Å². The lowest BCUT2D eigenvalue weighted by atomic mass is 10.3. The molecule has 0 spiro atoms. The van der Waals surface area contributed by atoms with Crippen molar-refractivity contribution in [3.63, 3.8) is 0 Å². The summed E-state index contributed by atoms with van der Waals surface area (Å²) in [6, 6.07) is 3.80. The fourth-order valence-electron chi connectivity index (χ4n) is 1.13. The molecule has 1 amide bonds. The topological polar surface area (TPSA) is 95.9 Å². The predicted molar refractivity (Wildman–Crippen MR) is 58.5 cm³/mol. The molecule has 0 unspecified atom stereocenters. The SMILES string of the molecule is O=C(COc1cccc(F)c1)N[C@@H](CO)C(=O)O. The molecule has 0 saturated heterocycles. The van der Waals surface area contributed by atoms with E-state index in [0.717, 1.165) is 6.07 Å². The van der Waals surface area contributed by atoms with Crippen LogP contribution in [0, 0.1) is 5.82 Å². The largest absolute Gasteiger partial charge is 0.484 e. The van der Waals surface area contributed by atoms with Gasteiger partial charge in [-0.15, -0.1) is 0 Å². The van der Waals surface area contributed by atoms with Gasteiger partial charge < -0.3 is 20.3 Å². The number of hydrogen-bond acceptors (Lipinski definition) is 4. The zero-order valence-electron chi connectivity index (χ0n) is 9.30. The minimum atomic E-state index is -1.38. The molecule has 1 atom stereocenters. The van der Waals surface area contributed by atoms with Gasteiger partial charge in [-0.05, 0) is 12.1 Å². The fourth-order valence-corrected chi connectivity index (χ4v) is 1.13. The number of hydrogen-bond donors (Lipinski definition) is 3. The summed E-state index contributed by atoms with van der Waals surface area (Å²) in [5, 5.41) is 19.3. The van der Waals surface area contributed by atoms with E-state index in [1.165, 1.54) is 18.2 Å². The van der Waals surface area contributed by atoms with Crippen LogP contribution in [0.2, 0.25) is 0 Å². The Morgan fingerprint density at radius 1 is 1.44 bits per heavy atom. The van der Waals surface area contributed by atoms with Crippen LogP contribution >= 0.6 is 0 Å². The van der Waals surface area contributed by atoms with E-state index in [4.69, 9.17) is 14.9 Å². The molecule has 0 aromatic heterocycles. The van der Waals surface area contributed by atoms with Crippen LogP contribution in [0.1, 0.15) is 0 Å². The average molecular weight is 257 g/mol. The van der Waals surface area contributed by atoms with E-state index in [1.807, 2.05) is 5.32 Å². The molecule has 7 heteroatoms. The summed E-state index contributed by atoms with van der Waals surface area (Å²) >= 11 is 0. The summed E-state index contributed by atoms with van der Waals surface area (Å²) in [5.74, 6) is -2.43. The molecule has 6 nitrogen and oxygen atoms in total. The van der Waals surface area contributed by atoms with E-state index in [1.54, 1.807) is 0 Å². The van der Waals surface area contributed by atoms with Crippen molar-refractivity contribution in [2.45, 2.75) is 6.04 Å². The van der Waals surface area contributed by atoms with Crippen LogP contribution < -0.4 is 10.1 Å². The molecular weight excluding hydrogens is 245 g/mol. The maximum Gasteiger partial charge on any atom is 0.328 e. The average Bonchev–Trinajstić information content (AvgIpc) is 2.33. The molecule has 18 heavy (non-hydrogen) atoms. The molecule has 0 radical (unpaired) electrons. The predicted octanol–water partition coefficient (Wildman–Crippen LogP) is -0.234. The van der Waals surface area contributed by atoms with Gasteiger partial charge in [-0.25, -0.2) is 9.18 Å². The van der Waals surface area contributed by atoms with Crippen LogP contribution in [0.4, 0.5) is 4.39 Å². The molecule has 0 aliphatic carbocycles. The second-order valence-corrected chi connectivity index (χ2v) is 3.39. The van der Waals surface area contributed by atoms with Crippen LogP contribution in [0.5, 0.6) is 5.75 Å². The zero-order chi connectivity index (χ0) is 13.5. The van der Waals surface area contributed by atoms with Crippen LogP contribution in [0.25, 0.3) is 0 Å². The number of aliphatic hydroxyl groups excluding tert-OH is 1. The molecule has 1 rings (SSSR count). The van der Waals surface area contributed by atoms with Crippen molar-refractivity contribution in [3.05, 3.63) is 30.1 Å². The maximum atomic E-state index is 12.8. The van der Waals surface area contributed by atoms with Gasteiger partial charge in [0.1, 0.15) is 17.6 Å². The number of carbonyl (C=O) groups is 2. The van der Waals surface area contributed by atoms with E-state index in [9.17, 15) is 14.0 Å². The minimum absolute atomic E-state index is 0.154. The molecule has 0 saturated carbocycles. The highest BCUT2D eigenvalue weighted by atomic mass is 19.1. The van der Waals surface area contributed by atoms with Crippen LogP contribution in [0.3, 0.4) is 0 Å². The minimum Gasteiger partial charge on any atom is -0.484 e. The molecule has 0 bridgehead atoms. The third-order valence-electron chi connectivity index (χ3n) is 1.98. The number of amides is 1. The van der Waals surface area contributed by atoms with Crippen molar-refractivity contribution in [1.82, 2.24) is 5.32 Å². The third-order valence-corrected chi connectivity index (χ3v) is 1.98.